The predicted octanol–water partition coefficient (Wildman–Crippen LogP) is 1.21. The molecule has 27 heavy (non-hydrogen) atoms. The molecule has 2 N–H and O–H groups in total. The quantitative estimate of drug-likeness (QED) is 0.771. The van der Waals surface area contributed by atoms with Gasteiger partial charge < -0.3 is 15.5 Å². The summed E-state index contributed by atoms with van der Waals surface area (Å²) < 4.78 is 0. The lowest BCUT2D eigenvalue weighted by Gasteiger charge is -2.35. The van der Waals surface area contributed by atoms with E-state index in [0.717, 1.165) is 13.1 Å². The van der Waals surface area contributed by atoms with E-state index in [-0.39, 0.29) is 18.2 Å². The van der Waals surface area contributed by atoms with Gasteiger partial charge in [0.1, 0.15) is 0 Å². The van der Waals surface area contributed by atoms with Gasteiger partial charge in [-0.05, 0) is 30.4 Å². The highest BCUT2D eigenvalue weighted by Gasteiger charge is 2.31. The summed E-state index contributed by atoms with van der Waals surface area (Å²) in [5.74, 6) is -0.147. The number of rotatable bonds is 7. The molecule has 0 bridgehead atoms. The van der Waals surface area contributed by atoms with Crippen LogP contribution in [0.3, 0.4) is 0 Å². The van der Waals surface area contributed by atoms with E-state index >= 15 is 0 Å². The van der Waals surface area contributed by atoms with Crippen LogP contribution in [-0.4, -0.2) is 67.9 Å². The van der Waals surface area contributed by atoms with Gasteiger partial charge in [-0.1, -0.05) is 42.5 Å². The summed E-state index contributed by atoms with van der Waals surface area (Å²) in [7, 11) is 3.93. The SMILES string of the molecule is CN(C)CCNC(=O)C[C@H]1C(=O)NCCN1Cc1cccc2ccccc12. The Bertz CT molecular complexity index is 800. The van der Waals surface area contributed by atoms with E-state index in [1.54, 1.807) is 0 Å². The topological polar surface area (TPSA) is 64.7 Å². The van der Waals surface area contributed by atoms with Gasteiger partial charge in [-0.2, -0.15) is 0 Å². The molecule has 1 saturated heterocycles. The summed E-state index contributed by atoms with van der Waals surface area (Å²) in [5.41, 5.74) is 1.18. The third kappa shape index (κ3) is 5.05. The number of carbonyl (C=O) groups is 2. The summed E-state index contributed by atoms with van der Waals surface area (Å²) in [5, 5.41) is 8.19. The smallest absolute Gasteiger partial charge is 0.237 e. The average molecular weight is 368 g/mol. The van der Waals surface area contributed by atoms with Gasteiger partial charge in [-0.25, -0.2) is 0 Å². The summed E-state index contributed by atoms with van der Waals surface area (Å²) in [6.07, 6.45) is 0.185. The Kier molecular flexibility index (Phi) is 6.42. The third-order valence-electron chi connectivity index (χ3n) is 4.95. The lowest BCUT2D eigenvalue weighted by atomic mass is 10.0. The molecule has 0 aromatic heterocycles. The second-order valence-electron chi connectivity index (χ2n) is 7.27. The zero-order valence-corrected chi connectivity index (χ0v) is 16.1. The Labute approximate surface area is 160 Å². The Hall–Kier alpha value is -2.44. The van der Waals surface area contributed by atoms with Crippen molar-refractivity contribution in [2.45, 2.75) is 19.0 Å². The Balaban J connectivity index is 1.70. The minimum Gasteiger partial charge on any atom is -0.355 e. The number of amides is 2. The van der Waals surface area contributed by atoms with E-state index in [2.05, 4.69) is 39.8 Å². The zero-order valence-electron chi connectivity index (χ0n) is 16.1. The van der Waals surface area contributed by atoms with Crippen LogP contribution in [0, 0.1) is 0 Å². The van der Waals surface area contributed by atoms with Gasteiger partial charge in [0.15, 0.2) is 0 Å². The van der Waals surface area contributed by atoms with E-state index in [1.807, 2.05) is 37.2 Å². The molecule has 2 amide bonds. The van der Waals surface area contributed by atoms with E-state index in [1.165, 1.54) is 16.3 Å². The molecule has 1 aliphatic heterocycles. The maximum Gasteiger partial charge on any atom is 0.237 e. The van der Waals surface area contributed by atoms with Crippen LogP contribution >= 0.6 is 0 Å². The molecule has 0 spiro atoms. The molecule has 6 nitrogen and oxygen atoms in total. The van der Waals surface area contributed by atoms with Gasteiger partial charge in [0.25, 0.3) is 0 Å². The molecule has 0 unspecified atom stereocenters. The van der Waals surface area contributed by atoms with Crippen LogP contribution < -0.4 is 10.6 Å². The minimum absolute atomic E-state index is 0.0655. The predicted molar refractivity (Wildman–Crippen MR) is 107 cm³/mol. The fourth-order valence-electron chi connectivity index (χ4n) is 3.49. The number of piperazine rings is 1. The lowest BCUT2D eigenvalue weighted by Crippen LogP contribution is -2.56. The summed E-state index contributed by atoms with van der Waals surface area (Å²) in [6.45, 7) is 3.38. The van der Waals surface area contributed by atoms with Crippen molar-refractivity contribution in [1.82, 2.24) is 20.4 Å². The molecule has 2 aromatic rings. The summed E-state index contributed by atoms with van der Waals surface area (Å²) in [4.78, 5) is 28.9. The van der Waals surface area contributed by atoms with E-state index in [9.17, 15) is 9.59 Å². The van der Waals surface area contributed by atoms with Crippen LogP contribution in [-0.2, 0) is 16.1 Å². The highest BCUT2D eigenvalue weighted by Crippen LogP contribution is 2.22. The van der Waals surface area contributed by atoms with Gasteiger partial charge in [-0.3, -0.25) is 14.5 Å². The zero-order chi connectivity index (χ0) is 19.2. The number of carbonyl (C=O) groups excluding carboxylic acids is 2. The number of benzene rings is 2. The van der Waals surface area contributed by atoms with Crippen LogP contribution in [0.5, 0.6) is 0 Å². The monoisotopic (exact) mass is 368 g/mol. The Morgan fingerprint density at radius 3 is 2.81 bits per heavy atom. The van der Waals surface area contributed by atoms with Crippen molar-refractivity contribution in [1.29, 1.82) is 0 Å². The largest absolute Gasteiger partial charge is 0.355 e. The fourth-order valence-corrected chi connectivity index (χ4v) is 3.49. The number of nitrogens with zero attached hydrogens (tertiary/aromatic N) is 2. The normalized spacial score (nSPS) is 17.9. The van der Waals surface area contributed by atoms with E-state index in [4.69, 9.17) is 0 Å². The highest BCUT2D eigenvalue weighted by atomic mass is 16.2. The molecule has 3 rings (SSSR count). The van der Waals surface area contributed by atoms with Crippen molar-refractivity contribution in [3.8, 4) is 0 Å². The average Bonchev–Trinajstić information content (AvgIpc) is 2.64. The first kappa shape index (κ1) is 19.3. The molecule has 1 atom stereocenters. The number of hydrogen-bond donors (Lipinski definition) is 2. The Morgan fingerprint density at radius 1 is 1.22 bits per heavy atom. The molecule has 1 fully saturated rings. The molecule has 0 saturated carbocycles. The van der Waals surface area contributed by atoms with Gasteiger partial charge in [0.2, 0.25) is 11.8 Å². The molecule has 144 valence electrons. The Morgan fingerprint density at radius 2 is 2.00 bits per heavy atom. The molecule has 2 aromatic carbocycles. The van der Waals surface area contributed by atoms with Crippen LogP contribution in [0.25, 0.3) is 10.8 Å². The van der Waals surface area contributed by atoms with E-state index in [0.29, 0.717) is 19.6 Å². The second-order valence-corrected chi connectivity index (χ2v) is 7.27. The van der Waals surface area contributed by atoms with Gasteiger partial charge in [0.05, 0.1) is 12.5 Å². The molecular weight excluding hydrogens is 340 g/mol. The molecule has 1 heterocycles. The molecule has 6 heteroatoms. The standard InChI is InChI=1S/C21H28N4O2/c1-24(2)12-10-22-20(26)14-19-21(27)23-11-13-25(19)15-17-8-5-7-16-6-3-4-9-18(16)17/h3-9,19H,10-15H2,1-2H3,(H,22,26)(H,23,27)/t19-/m0/s1. The first-order chi connectivity index (χ1) is 13.0. The highest BCUT2D eigenvalue weighted by molar-refractivity contribution is 5.89. The van der Waals surface area contributed by atoms with Crippen molar-refractivity contribution in [2.75, 3.05) is 40.3 Å². The fraction of sp³-hybridized carbons (Fsp3) is 0.429. The summed E-state index contributed by atoms with van der Waals surface area (Å²) in [6, 6.07) is 14.1. The van der Waals surface area contributed by atoms with Crippen molar-refractivity contribution in [3.63, 3.8) is 0 Å². The molecule has 0 aliphatic carbocycles. The molecular formula is C21H28N4O2. The van der Waals surface area contributed by atoms with Crippen LogP contribution in [0.1, 0.15) is 12.0 Å². The van der Waals surface area contributed by atoms with Crippen LogP contribution in [0.4, 0.5) is 0 Å². The summed E-state index contributed by atoms with van der Waals surface area (Å²) >= 11 is 0. The van der Waals surface area contributed by atoms with Crippen LogP contribution in [0.15, 0.2) is 42.5 Å². The number of hydrogen-bond acceptors (Lipinski definition) is 4. The number of nitrogens with one attached hydrogen (secondary N) is 2. The molecule has 0 radical (unpaired) electrons. The van der Waals surface area contributed by atoms with Gasteiger partial charge >= 0.3 is 0 Å². The van der Waals surface area contributed by atoms with E-state index < -0.39 is 6.04 Å². The van der Waals surface area contributed by atoms with Crippen molar-refractivity contribution >= 4 is 22.6 Å². The number of fused-ring (bicyclic) bond motifs is 1. The lowest BCUT2D eigenvalue weighted by molar-refractivity contribution is -0.134. The van der Waals surface area contributed by atoms with Crippen molar-refractivity contribution < 1.29 is 9.59 Å². The van der Waals surface area contributed by atoms with Crippen molar-refractivity contribution in [3.05, 3.63) is 48.0 Å². The number of likely N-dealkylation sites (N-methyl/N-ethyl adjacent to an activating group) is 1. The first-order valence-electron chi connectivity index (χ1n) is 9.44. The second kappa shape index (κ2) is 8.97. The van der Waals surface area contributed by atoms with Gasteiger partial charge in [0, 0.05) is 32.7 Å². The molecule has 1 aliphatic rings. The van der Waals surface area contributed by atoms with Crippen LogP contribution in [0.2, 0.25) is 0 Å². The third-order valence-corrected chi connectivity index (χ3v) is 4.95. The van der Waals surface area contributed by atoms with Gasteiger partial charge in [-0.15, -0.1) is 0 Å². The van der Waals surface area contributed by atoms with Crippen molar-refractivity contribution in [2.24, 2.45) is 0 Å². The maximum absolute atomic E-state index is 12.4. The maximum atomic E-state index is 12.4. The minimum atomic E-state index is -0.433. The first-order valence-corrected chi connectivity index (χ1v) is 9.44.